The molecule has 0 N–H and O–H groups in total. The molecule has 0 saturated heterocycles. The third-order valence-electron chi connectivity index (χ3n) is 5.84. The van der Waals surface area contributed by atoms with Gasteiger partial charge < -0.3 is 24.0 Å². The first-order chi connectivity index (χ1) is 17.5. The molecule has 2 amide bonds. The molecule has 36 heavy (non-hydrogen) atoms. The molecular weight excluding hydrogens is 476 g/mol. The van der Waals surface area contributed by atoms with Crippen LogP contribution < -0.4 is 14.2 Å². The number of carbonyl (C=O) groups is 2. The zero-order valence-corrected chi connectivity index (χ0v) is 22.2. The highest BCUT2D eigenvalue weighted by molar-refractivity contribution is 7.09. The first-order valence-corrected chi connectivity index (χ1v) is 12.8. The molecule has 0 atom stereocenters. The van der Waals surface area contributed by atoms with Crippen molar-refractivity contribution in [3.8, 4) is 17.2 Å². The highest BCUT2D eigenvalue weighted by Crippen LogP contribution is 2.28. The molecular formula is C28H34N2O5S. The van der Waals surface area contributed by atoms with Gasteiger partial charge in [-0.1, -0.05) is 19.1 Å². The molecule has 0 aliphatic rings. The summed E-state index contributed by atoms with van der Waals surface area (Å²) in [5.41, 5.74) is 1.57. The van der Waals surface area contributed by atoms with Crippen LogP contribution in [0.25, 0.3) is 0 Å². The maximum atomic E-state index is 13.5. The van der Waals surface area contributed by atoms with E-state index in [1.165, 1.54) is 0 Å². The molecule has 1 heterocycles. The molecule has 0 unspecified atom stereocenters. The Morgan fingerprint density at radius 2 is 1.61 bits per heavy atom. The number of carbonyl (C=O) groups excluding carboxylic acids is 2. The predicted molar refractivity (Wildman–Crippen MR) is 142 cm³/mol. The normalized spacial score (nSPS) is 10.6. The van der Waals surface area contributed by atoms with Crippen LogP contribution >= 0.6 is 11.3 Å². The summed E-state index contributed by atoms with van der Waals surface area (Å²) in [6, 6.07) is 16.8. The topological polar surface area (TPSA) is 68.3 Å². The number of benzene rings is 2. The average molecular weight is 511 g/mol. The lowest BCUT2D eigenvalue weighted by Crippen LogP contribution is -2.43. The molecule has 0 spiro atoms. The second kappa shape index (κ2) is 13.5. The van der Waals surface area contributed by atoms with Crippen LogP contribution in [0.3, 0.4) is 0 Å². The van der Waals surface area contributed by atoms with Gasteiger partial charge in [-0.2, -0.15) is 0 Å². The standard InChI is InChI=1S/C28H34N2O5S/c1-5-15-30(28(32)22-9-11-23(33-2)12-10-22)20-27(31)29(19-24-7-6-17-36-24)16-14-21-8-13-25(34-3)26(18-21)35-4/h6-13,17-18H,5,14-16,19-20H2,1-4H3. The van der Waals surface area contributed by atoms with Crippen LogP contribution in [0.2, 0.25) is 0 Å². The van der Waals surface area contributed by atoms with E-state index in [1.807, 2.05) is 47.5 Å². The molecule has 192 valence electrons. The molecule has 3 aromatic rings. The van der Waals surface area contributed by atoms with Gasteiger partial charge in [0, 0.05) is 23.5 Å². The zero-order chi connectivity index (χ0) is 25.9. The van der Waals surface area contributed by atoms with Gasteiger partial charge in [0.15, 0.2) is 11.5 Å². The molecule has 0 bridgehead atoms. The summed E-state index contributed by atoms with van der Waals surface area (Å²) in [6.07, 6.45) is 1.41. The smallest absolute Gasteiger partial charge is 0.254 e. The van der Waals surface area contributed by atoms with E-state index in [0.717, 1.165) is 16.9 Å². The lowest BCUT2D eigenvalue weighted by Gasteiger charge is -2.27. The highest BCUT2D eigenvalue weighted by atomic mass is 32.1. The first kappa shape index (κ1) is 27.1. The Kier molecular flexibility index (Phi) is 10.2. The van der Waals surface area contributed by atoms with Gasteiger partial charge in [-0.05, 0) is 66.2 Å². The summed E-state index contributed by atoms with van der Waals surface area (Å²) in [4.78, 5) is 31.3. The van der Waals surface area contributed by atoms with E-state index in [0.29, 0.717) is 48.9 Å². The number of hydrogen-bond donors (Lipinski definition) is 0. The highest BCUT2D eigenvalue weighted by Gasteiger charge is 2.22. The second-order valence-electron chi connectivity index (χ2n) is 8.29. The number of ether oxygens (including phenoxy) is 3. The molecule has 8 heteroatoms. The van der Waals surface area contributed by atoms with Gasteiger partial charge in [-0.15, -0.1) is 11.3 Å². The van der Waals surface area contributed by atoms with Crippen LogP contribution in [0.4, 0.5) is 0 Å². The van der Waals surface area contributed by atoms with Crippen LogP contribution in [-0.4, -0.2) is 62.6 Å². The van der Waals surface area contributed by atoms with Gasteiger partial charge in [0.1, 0.15) is 12.3 Å². The van der Waals surface area contributed by atoms with Crippen molar-refractivity contribution >= 4 is 23.2 Å². The predicted octanol–water partition coefficient (Wildman–Crippen LogP) is 4.90. The number of amides is 2. The molecule has 0 aliphatic heterocycles. The van der Waals surface area contributed by atoms with Gasteiger partial charge in [-0.3, -0.25) is 9.59 Å². The fourth-order valence-corrected chi connectivity index (χ4v) is 4.60. The number of rotatable bonds is 13. The summed E-state index contributed by atoms with van der Waals surface area (Å²) in [5, 5.41) is 2.00. The molecule has 0 radical (unpaired) electrons. The minimum atomic E-state index is -0.163. The Morgan fingerprint density at radius 1 is 0.861 bits per heavy atom. The minimum absolute atomic E-state index is 0.0238. The van der Waals surface area contributed by atoms with Crippen molar-refractivity contribution in [2.45, 2.75) is 26.3 Å². The summed E-state index contributed by atoms with van der Waals surface area (Å²) < 4.78 is 15.9. The fraction of sp³-hybridized carbons (Fsp3) is 0.357. The van der Waals surface area contributed by atoms with Gasteiger partial charge in [0.05, 0.1) is 27.9 Å². The maximum absolute atomic E-state index is 13.5. The largest absolute Gasteiger partial charge is 0.497 e. The minimum Gasteiger partial charge on any atom is -0.497 e. The Balaban J connectivity index is 1.75. The number of methoxy groups -OCH3 is 3. The van der Waals surface area contributed by atoms with Crippen LogP contribution in [0, 0.1) is 0 Å². The molecule has 3 rings (SSSR count). The van der Waals surface area contributed by atoms with Gasteiger partial charge >= 0.3 is 0 Å². The zero-order valence-electron chi connectivity index (χ0n) is 21.4. The summed E-state index contributed by atoms with van der Waals surface area (Å²) >= 11 is 1.61. The third-order valence-corrected chi connectivity index (χ3v) is 6.70. The van der Waals surface area contributed by atoms with E-state index in [4.69, 9.17) is 14.2 Å². The monoisotopic (exact) mass is 510 g/mol. The molecule has 0 fully saturated rings. The van der Waals surface area contributed by atoms with Crippen molar-refractivity contribution in [1.82, 2.24) is 9.80 Å². The first-order valence-electron chi connectivity index (χ1n) is 11.9. The van der Waals surface area contributed by atoms with Crippen molar-refractivity contribution in [3.05, 3.63) is 76.0 Å². The number of thiophene rings is 1. The van der Waals surface area contributed by atoms with E-state index in [2.05, 4.69) is 0 Å². The van der Waals surface area contributed by atoms with Gasteiger partial charge in [-0.25, -0.2) is 0 Å². The number of nitrogens with zero attached hydrogens (tertiary/aromatic N) is 2. The van der Waals surface area contributed by atoms with Crippen molar-refractivity contribution in [2.75, 3.05) is 41.0 Å². The van der Waals surface area contributed by atoms with Crippen molar-refractivity contribution in [1.29, 1.82) is 0 Å². The van der Waals surface area contributed by atoms with Gasteiger partial charge in [0.2, 0.25) is 5.91 Å². The molecule has 1 aromatic heterocycles. The van der Waals surface area contributed by atoms with E-state index in [9.17, 15) is 9.59 Å². The SMILES string of the molecule is CCCN(CC(=O)N(CCc1ccc(OC)c(OC)c1)Cc1cccs1)C(=O)c1ccc(OC)cc1. The van der Waals surface area contributed by atoms with Crippen molar-refractivity contribution in [2.24, 2.45) is 0 Å². The molecule has 7 nitrogen and oxygen atoms in total. The lowest BCUT2D eigenvalue weighted by molar-refractivity contribution is -0.132. The Morgan fingerprint density at radius 3 is 2.22 bits per heavy atom. The quantitative estimate of drug-likeness (QED) is 0.327. The lowest BCUT2D eigenvalue weighted by atomic mass is 10.1. The molecule has 0 aliphatic carbocycles. The van der Waals surface area contributed by atoms with Crippen LogP contribution in [0.1, 0.15) is 34.1 Å². The van der Waals surface area contributed by atoms with E-state index < -0.39 is 0 Å². The number of hydrogen-bond acceptors (Lipinski definition) is 6. The molecule has 0 saturated carbocycles. The summed E-state index contributed by atoms with van der Waals surface area (Å²) in [5.74, 6) is 1.76. The van der Waals surface area contributed by atoms with Crippen LogP contribution in [0.5, 0.6) is 17.2 Å². The Hall–Kier alpha value is -3.52. The second-order valence-corrected chi connectivity index (χ2v) is 9.32. The third kappa shape index (κ3) is 7.24. The Labute approximate surface area is 217 Å². The van der Waals surface area contributed by atoms with Crippen LogP contribution in [-0.2, 0) is 17.8 Å². The Bertz CT molecular complexity index is 1120. The average Bonchev–Trinajstić information content (AvgIpc) is 3.43. The van der Waals surface area contributed by atoms with Crippen LogP contribution in [0.15, 0.2) is 60.0 Å². The van der Waals surface area contributed by atoms with Crippen molar-refractivity contribution in [3.63, 3.8) is 0 Å². The van der Waals surface area contributed by atoms with E-state index in [1.54, 1.807) is 61.8 Å². The van der Waals surface area contributed by atoms with E-state index in [-0.39, 0.29) is 18.4 Å². The summed E-state index contributed by atoms with van der Waals surface area (Å²) in [7, 11) is 4.80. The van der Waals surface area contributed by atoms with E-state index >= 15 is 0 Å². The molecule has 2 aromatic carbocycles. The fourth-order valence-electron chi connectivity index (χ4n) is 3.88. The van der Waals surface area contributed by atoms with Gasteiger partial charge in [0.25, 0.3) is 5.91 Å². The van der Waals surface area contributed by atoms with Crippen molar-refractivity contribution < 1.29 is 23.8 Å². The summed E-state index contributed by atoms with van der Waals surface area (Å²) in [6.45, 7) is 3.54. The maximum Gasteiger partial charge on any atom is 0.254 e.